The molecule has 9 heteroatoms. The van der Waals surface area contributed by atoms with Crippen molar-refractivity contribution in [3.63, 3.8) is 0 Å². The van der Waals surface area contributed by atoms with Gasteiger partial charge in [0.25, 0.3) is 0 Å². The van der Waals surface area contributed by atoms with Gasteiger partial charge in [0, 0.05) is 0 Å². The summed E-state index contributed by atoms with van der Waals surface area (Å²) < 4.78 is 38.3. The van der Waals surface area contributed by atoms with Crippen molar-refractivity contribution in [2.24, 2.45) is 5.92 Å². The molecule has 0 aliphatic rings. The van der Waals surface area contributed by atoms with Crippen LogP contribution in [0.1, 0.15) is 17.5 Å². The number of carbonyl (C=O) groups is 2. The smallest absolute Gasteiger partial charge is 0.418 e. The number of rotatable bonds is 5. The molecule has 0 spiro atoms. The van der Waals surface area contributed by atoms with Gasteiger partial charge in [-0.25, -0.2) is 0 Å². The maximum absolute atomic E-state index is 12.8. The van der Waals surface area contributed by atoms with Gasteiger partial charge in [0.15, 0.2) is 0 Å². The number of anilines is 1. The predicted octanol–water partition coefficient (Wildman–Crippen LogP) is 2.66. The van der Waals surface area contributed by atoms with Crippen LogP contribution in [0, 0.1) is 5.92 Å². The Morgan fingerprint density at radius 1 is 1.29 bits per heavy atom. The molecular weight excluding hydrogens is 315 g/mol. The number of hydrogen-bond acceptors (Lipinski definition) is 3. The van der Waals surface area contributed by atoms with Gasteiger partial charge in [-0.1, -0.05) is 11.6 Å². The molecule has 0 saturated heterocycles. The molecule has 0 aliphatic heterocycles. The number of carboxylic acid groups (broad SMARTS) is 2. The topological polar surface area (TPSA) is 101 Å². The first kappa shape index (κ1) is 17.1. The molecular formula is C12H11ClF3NO4. The van der Waals surface area contributed by atoms with Crippen LogP contribution < -0.4 is 5.73 Å². The lowest BCUT2D eigenvalue weighted by atomic mass is 9.94. The molecule has 1 atom stereocenters. The zero-order valence-electron chi connectivity index (χ0n) is 10.4. The van der Waals surface area contributed by atoms with Crippen LogP contribution in [0.2, 0.25) is 5.02 Å². The summed E-state index contributed by atoms with van der Waals surface area (Å²) in [7, 11) is 0. The van der Waals surface area contributed by atoms with Crippen LogP contribution in [0.5, 0.6) is 0 Å². The number of halogens is 4. The number of hydrogen-bond donors (Lipinski definition) is 3. The monoisotopic (exact) mass is 325 g/mol. The van der Waals surface area contributed by atoms with Crippen molar-refractivity contribution in [3.05, 3.63) is 28.3 Å². The highest BCUT2D eigenvalue weighted by Gasteiger charge is 2.34. The van der Waals surface area contributed by atoms with Crippen molar-refractivity contribution in [1.29, 1.82) is 0 Å². The second-order valence-electron chi connectivity index (χ2n) is 4.37. The summed E-state index contributed by atoms with van der Waals surface area (Å²) >= 11 is 5.61. The lowest BCUT2D eigenvalue weighted by molar-refractivity contribution is -0.148. The Balaban J connectivity index is 3.16. The van der Waals surface area contributed by atoms with Crippen molar-refractivity contribution in [1.82, 2.24) is 0 Å². The number of benzene rings is 1. The molecule has 0 aromatic heterocycles. The third-order valence-electron chi connectivity index (χ3n) is 2.75. The average molecular weight is 326 g/mol. The number of nitrogen functional groups attached to an aromatic ring is 1. The van der Waals surface area contributed by atoms with E-state index in [1.165, 1.54) is 0 Å². The molecule has 0 unspecified atom stereocenters. The van der Waals surface area contributed by atoms with Gasteiger partial charge in [0.1, 0.15) is 0 Å². The van der Waals surface area contributed by atoms with Crippen LogP contribution in [0.3, 0.4) is 0 Å². The standard InChI is InChI=1S/C12H11ClF3NO4/c13-8-3-5(1-6(11(20)21)4-9(18)19)2-7(10(8)17)12(14,15)16/h2-3,6H,1,4,17H2,(H,18,19)(H,20,21)/t6-/m0/s1. The van der Waals surface area contributed by atoms with Crippen LogP contribution in [-0.2, 0) is 22.2 Å². The lowest BCUT2D eigenvalue weighted by Crippen LogP contribution is -2.20. The first-order valence-corrected chi connectivity index (χ1v) is 6.00. The largest absolute Gasteiger partial charge is 0.481 e. The number of aliphatic carboxylic acids is 2. The van der Waals surface area contributed by atoms with Gasteiger partial charge in [-0.3, -0.25) is 9.59 Å². The molecule has 0 radical (unpaired) electrons. The molecule has 0 saturated carbocycles. The molecule has 1 aromatic carbocycles. The van der Waals surface area contributed by atoms with Crippen LogP contribution >= 0.6 is 11.6 Å². The SMILES string of the molecule is Nc1c(Cl)cc(C[C@@H](CC(=O)O)C(=O)O)cc1C(F)(F)F. The summed E-state index contributed by atoms with van der Waals surface area (Å²) in [5, 5.41) is 17.1. The molecule has 1 aromatic rings. The van der Waals surface area contributed by atoms with Crippen LogP contribution in [-0.4, -0.2) is 22.2 Å². The van der Waals surface area contributed by atoms with Gasteiger partial charge in [0.05, 0.1) is 28.6 Å². The van der Waals surface area contributed by atoms with E-state index in [-0.39, 0.29) is 10.6 Å². The van der Waals surface area contributed by atoms with Crippen LogP contribution in [0.25, 0.3) is 0 Å². The molecule has 1 rings (SSSR count). The van der Waals surface area contributed by atoms with E-state index in [1.807, 2.05) is 0 Å². The first-order valence-electron chi connectivity index (χ1n) is 5.62. The fourth-order valence-corrected chi connectivity index (χ4v) is 2.01. The fraction of sp³-hybridized carbons (Fsp3) is 0.333. The Morgan fingerprint density at radius 3 is 2.29 bits per heavy atom. The molecule has 5 nitrogen and oxygen atoms in total. The predicted molar refractivity (Wildman–Crippen MR) is 67.9 cm³/mol. The van der Waals surface area contributed by atoms with E-state index in [4.69, 9.17) is 27.5 Å². The molecule has 0 aliphatic carbocycles. The van der Waals surface area contributed by atoms with E-state index in [0.29, 0.717) is 6.07 Å². The summed E-state index contributed by atoms with van der Waals surface area (Å²) in [6.45, 7) is 0. The van der Waals surface area contributed by atoms with Gasteiger partial charge < -0.3 is 15.9 Å². The maximum Gasteiger partial charge on any atom is 0.418 e. The van der Waals surface area contributed by atoms with Gasteiger partial charge >= 0.3 is 18.1 Å². The molecule has 0 amide bonds. The van der Waals surface area contributed by atoms with E-state index in [2.05, 4.69) is 0 Å². The van der Waals surface area contributed by atoms with Crippen molar-refractivity contribution >= 4 is 29.2 Å². The summed E-state index contributed by atoms with van der Waals surface area (Å²) in [4.78, 5) is 21.5. The van der Waals surface area contributed by atoms with Crippen LogP contribution in [0.15, 0.2) is 12.1 Å². The summed E-state index contributed by atoms with van der Waals surface area (Å²) in [6, 6.07) is 1.78. The lowest BCUT2D eigenvalue weighted by Gasteiger charge is -2.15. The molecule has 21 heavy (non-hydrogen) atoms. The van der Waals surface area contributed by atoms with E-state index >= 15 is 0 Å². The van der Waals surface area contributed by atoms with Crippen molar-refractivity contribution < 1.29 is 33.0 Å². The minimum absolute atomic E-state index is 0.0461. The molecule has 4 N–H and O–H groups in total. The Bertz CT molecular complexity index is 574. The summed E-state index contributed by atoms with van der Waals surface area (Å²) in [5.74, 6) is -4.14. The molecule has 116 valence electrons. The van der Waals surface area contributed by atoms with E-state index in [1.54, 1.807) is 0 Å². The Morgan fingerprint density at radius 2 is 1.86 bits per heavy atom. The second-order valence-corrected chi connectivity index (χ2v) is 4.78. The number of nitrogens with two attached hydrogens (primary N) is 1. The first-order chi connectivity index (χ1) is 9.52. The molecule has 0 bridgehead atoms. The van der Waals surface area contributed by atoms with Gasteiger partial charge in [-0.05, 0) is 24.1 Å². The zero-order valence-corrected chi connectivity index (χ0v) is 11.2. The fourth-order valence-electron chi connectivity index (χ4n) is 1.77. The minimum Gasteiger partial charge on any atom is -0.481 e. The maximum atomic E-state index is 12.8. The van der Waals surface area contributed by atoms with E-state index < -0.39 is 48.1 Å². The van der Waals surface area contributed by atoms with Gasteiger partial charge in [-0.15, -0.1) is 0 Å². The summed E-state index contributed by atoms with van der Waals surface area (Å²) in [6.07, 6.45) is -5.85. The van der Waals surface area contributed by atoms with Crippen molar-refractivity contribution in [2.45, 2.75) is 19.0 Å². The van der Waals surface area contributed by atoms with Crippen LogP contribution in [0.4, 0.5) is 18.9 Å². The highest BCUT2D eigenvalue weighted by Crippen LogP contribution is 2.38. The van der Waals surface area contributed by atoms with Gasteiger partial charge in [0.2, 0.25) is 0 Å². The summed E-state index contributed by atoms with van der Waals surface area (Å²) in [5.41, 5.74) is 3.37. The second kappa shape index (κ2) is 6.21. The van der Waals surface area contributed by atoms with Crippen molar-refractivity contribution in [2.75, 3.05) is 5.73 Å². The highest BCUT2D eigenvalue weighted by atomic mass is 35.5. The highest BCUT2D eigenvalue weighted by molar-refractivity contribution is 6.33. The average Bonchev–Trinajstić information content (AvgIpc) is 2.30. The van der Waals surface area contributed by atoms with Crippen molar-refractivity contribution in [3.8, 4) is 0 Å². The normalized spacial score (nSPS) is 13.0. The third kappa shape index (κ3) is 4.52. The Hall–Kier alpha value is -1.96. The van der Waals surface area contributed by atoms with Gasteiger partial charge in [-0.2, -0.15) is 13.2 Å². The number of carboxylic acids is 2. The van der Waals surface area contributed by atoms with E-state index in [0.717, 1.165) is 6.07 Å². The molecule has 0 fully saturated rings. The Labute approximate surface area is 122 Å². The minimum atomic E-state index is -4.74. The zero-order chi connectivity index (χ0) is 16.4. The van der Waals surface area contributed by atoms with E-state index in [9.17, 15) is 22.8 Å². The quantitative estimate of drug-likeness (QED) is 0.722. The Kier molecular flexibility index (Phi) is 5.06. The molecule has 0 heterocycles. The third-order valence-corrected chi connectivity index (χ3v) is 3.06. The number of alkyl halides is 3.